The van der Waals surface area contributed by atoms with Gasteiger partial charge in [-0.25, -0.2) is 0 Å². The Morgan fingerprint density at radius 2 is 1.20 bits per heavy atom. The third kappa shape index (κ3) is 36.8. The molecule has 0 saturated heterocycles. The summed E-state index contributed by atoms with van der Waals surface area (Å²) in [6, 6.07) is 0. The Hall–Kier alpha value is 1.20. The Balaban J connectivity index is -0.0000000450. The van der Waals surface area contributed by atoms with Crippen LogP contribution in [0.25, 0.3) is 0 Å². The van der Waals surface area contributed by atoms with E-state index in [0.29, 0.717) is 0 Å². The van der Waals surface area contributed by atoms with Crippen molar-refractivity contribution in [2.45, 2.75) is 0 Å². The van der Waals surface area contributed by atoms with Crippen LogP contribution in [0, 0.1) is 0 Å². The van der Waals surface area contributed by atoms with E-state index in [2.05, 4.69) is 0 Å². The molecule has 5 heavy (non-hydrogen) atoms. The molecule has 24 valence electrons. The molecule has 0 spiro atoms. The van der Waals surface area contributed by atoms with Gasteiger partial charge in [0, 0.05) is 0 Å². The molecule has 0 aromatic rings. The summed E-state index contributed by atoms with van der Waals surface area (Å²) in [6.45, 7) is 0. The monoisotopic (exact) mass is 100.0 g/mol. The van der Waals surface area contributed by atoms with Crippen molar-refractivity contribution >= 4 is 45.1 Å². The summed E-state index contributed by atoms with van der Waals surface area (Å²) in [7, 11) is -2.92. The molecule has 0 aromatic heterocycles. The first-order valence-corrected chi connectivity index (χ1v) is 0.707. The molecule has 0 bridgehead atoms. The van der Waals surface area contributed by atoms with Crippen LogP contribution in [0.1, 0.15) is 1.43 Å². The van der Waals surface area contributed by atoms with Gasteiger partial charge >= 0.3 is 39.2 Å². The normalized spacial score (nSPS) is 5.40. The van der Waals surface area contributed by atoms with Crippen molar-refractivity contribution in [2.24, 2.45) is 0 Å². The molecule has 0 aliphatic heterocycles. The smallest absolute Gasteiger partial charge is 0.907 e. The zero-order valence-corrected chi connectivity index (χ0v) is 4.72. The Kier molecular flexibility index (Phi) is 9.90. The van der Waals surface area contributed by atoms with Crippen LogP contribution in [0.15, 0.2) is 0 Å². The van der Waals surface area contributed by atoms with E-state index in [1.807, 2.05) is 0 Å². The van der Waals surface area contributed by atoms with Crippen LogP contribution in [-0.2, 0) is 0 Å². The second-order valence-electron chi connectivity index (χ2n) is 0.289. The topological polar surface area (TPSA) is 69.2 Å². The molecular weight excluding hydrogens is 98.9 g/mol. The van der Waals surface area contributed by atoms with E-state index < -0.39 is 7.32 Å². The molecule has 0 heterocycles. The van der Waals surface area contributed by atoms with Crippen LogP contribution < -0.4 is 15.1 Å². The number of hydrogen-bond acceptors (Lipinski definition) is 3. The molecule has 0 fully saturated rings. The van der Waals surface area contributed by atoms with E-state index in [1.165, 1.54) is 0 Å². The maximum Gasteiger partial charge on any atom is 2.00 e. The minimum Gasteiger partial charge on any atom is -0.907 e. The van der Waals surface area contributed by atoms with E-state index in [-0.39, 0.29) is 39.2 Å². The fourth-order valence-corrected chi connectivity index (χ4v) is 0. The van der Waals surface area contributed by atoms with Crippen LogP contribution in [0.4, 0.5) is 0 Å². The van der Waals surface area contributed by atoms with E-state index in [0.717, 1.165) is 0 Å². The van der Waals surface area contributed by atoms with Gasteiger partial charge in [-0.1, -0.05) is 0 Å². The molecule has 0 unspecified atom stereocenters. The summed E-state index contributed by atoms with van der Waals surface area (Å²) in [6.07, 6.45) is 0. The van der Waals surface area contributed by atoms with E-state index in [4.69, 9.17) is 15.1 Å². The zero-order chi connectivity index (χ0) is 3.58. The fourth-order valence-electron chi connectivity index (χ4n) is 0. The Bertz CT molecular complexity index is 15.5. The van der Waals surface area contributed by atoms with Crippen molar-refractivity contribution in [1.29, 1.82) is 0 Å². The molecule has 0 amide bonds. The fraction of sp³-hybridized carbons (Fsp3) is 0. The van der Waals surface area contributed by atoms with Crippen LogP contribution in [-0.4, -0.2) is 45.1 Å². The molecule has 3 nitrogen and oxygen atoms in total. The molecule has 5 heteroatoms. The predicted octanol–water partition coefficient (Wildman–Crippen LogP) is -4.22. The first-order chi connectivity index (χ1) is 1.73. The molecule has 0 radical (unpaired) electrons. The number of hydrogen-bond donors (Lipinski definition) is 0. The van der Waals surface area contributed by atoms with Crippen LogP contribution in [0.3, 0.4) is 0 Å². The van der Waals surface area contributed by atoms with Gasteiger partial charge in [-0.3, -0.25) is 7.32 Å². The van der Waals surface area contributed by atoms with Crippen molar-refractivity contribution in [2.75, 3.05) is 0 Å². The molecule has 0 rings (SSSR count). The van der Waals surface area contributed by atoms with E-state index in [1.54, 1.807) is 0 Å². The zero-order valence-electron chi connectivity index (χ0n) is 3.51. The standard InChI is InChI=1S/BO3.Ca/c2-1(3)4;/q-3;+2/p+1. The van der Waals surface area contributed by atoms with Gasteiger partial charge in [0.25, 0.3) is 0 Å². The maximum atomic E-state index is 8.42. The maximum absolute atomic E-state index is 8.42. The first kappa shape index (κ1) is 9.51. The van der Waals surface area contributed by atoms with Gasteiger partial charge in [0.2, 0.25) is 0 Å². The molecule has 0 atom stereocenters. The van der Waals surface area contributed by atoms with Crippen molar-refractivity contribution in [3.8, 4) is 0 Å². The van der Waals surface area contributed by atoms with Gasteiger partial charge in [-0.2, -0.15) is 0 Å². The van der Waals surface area contributed by atoms with Crippen molar-refractivity contribution in [3.63, 3.8) is 0 Å². The molecule has 0 aliphatic carbocycles. The van der Waals surface area contributed by atoms with Gasteiger partial charge in [-0.15, -0.1) is 0 Å². The van der Waals surface area contributed by atoms with Crippen molar-refractivity contribution in [1.82, 2.24) is 0 Å². The Morgan fingerprint density at radius 1 is 1.20 bits per heavy atom. The average molecular weight is 99.9 g/mol. The second kappa shape index (κ2) is 5.20. The van der Waals surface area contributed by atoms with Gasteiger partial charge in [0.15, 0.2) is 0 Å². The first-order valence-electron chi connectivity index (χ1n) is 0.707. The van der Waals surface area contributed by atoms with Crippen LogP contribution in [0.5, 0.6) is 0 Å². The summed E-state index contributed by atoms with van der Waals surface area (Å²) in [5.74, 6) is 0. The molecule has 0 aliphatic rings. The minimum atomic E-state index is -2.92. The van der Waals surface area contributed by atoms with Gasteiger partial charge in [0.05, 0.1) is 0 Å². The third-order valence-electron chi connectivity index (χ3n) is 0. The van der Waals surface area contributed by atoms with E-state index >= 15 is 0 Å². The summed E-state index contributed by atoms with van der Waals surface area (Å²) >= 11 is 0. The van der Waals surface area contributed by atoms with Crippen molar-refractivity contribution in [3.05, 3.63) is 0 Å². The van der Waals surface area contributed by atoms with Gasteiger partial charge in [-0.05, 0) is 0 Å². The van der Waals surface area contributed by atoms with Crippen molar-refractivity contribution < 1.29 is 16.5 Å². The summed E-state index contributed by atoms with van der Waals surface area (Å²) in [5, 5.41) is 25.2. The van der Waals surface area contributed by atoms with Crippen LogP contribution >= 0.6 is 0 Å². The SMILES string of the molecule is [Ca+2].[H+].[O-]B([O-])[O-]. The average Bonchev–Trinajstić information content (AvgIpc) is 0.811. The Morgan fingerprint density at radius 3 is 1.20 bits per heavy atom. The predicted molar refractivity (Wildman–Crippen MR) is 12.6 cm³/mol. The minimum absolute atomic E-state index is 0. The van der Waals surface area contributed by atoms with Gasteiger partial charge in [0.1, 0.15) is 0 Å². The molecule has 0 aromatic carbocycles. The summed E-state index contributed by atoms with van der Waals surface area (Å²) < 4.78 is 0. The third-order valence-corrected chi connectivity index (χ3v) is 0. The van der Waals surface area contributed by atoms with Crippen LogP contribution in [0.2, 0.25) is 0 Å². The van der Waals surface area contributed by atoms with E-state index in [9.17, 15) is 0 Å². The molecule has 0 N–H and O–H groups in total. The summed E-state index contributed by atoms with van der Waals surface area (Å²) in [4.78, 5) is 0. The number of rotatable bonds is 0. The Labute approximate surface area is 61.3 Å². The van der Waals surface area contributed by atoms with Gasteiger partial charge < -0.3 is 15.1 Å². The quantitative estimate of drug-likeness (QED) is 0.289. The summed E-state index contributed by atoms with van der Waals surface area (Å²) in [5.41, 5.74) is 0. The molecule has 0 saturated carbocycles. The largest absolute Gasteiger partial charge is 2.00 e. The second-order valence-corrected chi connectivity index (χ2v) is 0.289. The molecular formula is HBCaO3.